The predicted molar refractivity (Wildman–Crippen MR) is 91.0 cm³/mol. The monoisotopic (exact) mass is 318 g/mol. The molecule has 1 atom stereocenters. The van der Waals surface area contributed by atoms with Crippen LogP contribution in [-0.2, 0) is 11.3 Å². The van der Waals surface area contributed by atoms with Gasteiger partial charge in [0, 0.05) is 18.7 Å². The van der Waals surface area contributed by atoms with Gasteiger partial charge in [-0.2, -0.15) is 0 Å². The van der Waals surface area contributed by atoms with Crippen molar-refractivity contribution in [3.8, 4) is 11.3 Å². The van der Waals surface area contributed by atoms with Gasteiger partial charge in [0.15, 0.2) is 0 Å². The molecule has 1 saturated heterocycles. The summed E-state index contributed by atoms with van der Waals surface area (Å²) in [5.41, 5.74) is 2.95. The van der Waals surface area contributed by atoms with Crippen LogP contribution in [0, 0.1) is 0 Å². The Hall–Kier alpha value is -2.95. The number of likely N-dealkylation sites (tertiary alicyclic amines) is 1. The van der Waals surface area contributed by atoms with E-state index < -0.39 is 0 Å². The lowest BCUT2D eigenvalue weighted by molar-refractivity contribution is -0.131. The van der Waals surface area contributed by atoms with Gasteiger partial charge >= 0.3 is 0 Å². The van der Waals surface area contributed by atoms with Gasteiger partial charge in [-0.3, -0.25) is 4.79 Å². The van der Waals surface area contributed by atoms with Gasteiger partial charge in [-0.25, -0.2) is 4.68 Å². The molecule has 3 aromatic rings. The third-order valence-electron chi connectivity index (χ3n) is 4.38. The molecule has 0 radical (unpaired) electrons. The molecule has 1 unspecified atom stereocenters. The molecule has 0 aliphatic carbocycles. The van der Waals surface area contributed by atoms with Gasteiger partial charge in [0.2, 0.25) is 5.91 Å². The van der Waals surface area contributed by atoms with Crippen molar-refractivity contribution in [2.24, 2.45) is 0 Å². The lowest BCUT2D eigenvalue weighted by atomic mass is 10.2. The second kappa shape index (κ2) is 6.28. The number of nitrogens with zero attached hydrogens (tertiary/aromatic N) is 4. The van der Waals surface area contributed by atoms with E-state index in [-0.39, 0.29) is 11.9 Å². The molecule has 1 amide bonds. The predicted octanol–water partition coefficient (Wildman–Crippen LogP) is 2.92. The Kier molecular flexibility index (Phi) is 3.83. The summed E-state index contributed by atoms with van der Waals surface area (Å²) in [4.78, 5) is 14.6. The smallest absolute Gasteiger partial charge is 0.247 e. The van der Waals surface area contributed by atoms with Crippen molar-refractivity contribution in [2.75, 3.05) is 6.54 Å². The number of carbonyl (C=O) groups excluding carboxylic acids is 1. The van der Waals surface area contributed by atoms with Gasteiger partial charge in [-0.15, -0.1) is 5.10 Å². The molecule has 1 aliphatic heterocycles. The largest absolute Gasteiger partial charge is 0.336 e. The number of benzene rings is 2. The minimum absolute atomic E-state index is 0.114. The summed E-state index contributed by atoms with van der Waals surface area (Å²) in [5, 5.41) is 8.40. The van der Waals surface area contributed by atoms with E-state index in [4.69, 9.17) is 0 Å². The van der Waals surface area contributed by atoms with Crippen molar-refractivity contribution in [3.05, 3.63) is 72.4 Å². The first-order valence-corrected chi connectivity index (χ1v) is 8.11. The van der Waals surface area contributed by atoms with Gasteiger partial charge < -0.3 is 4.90 Å². The van der Waals surface area contributed by atoms with Crippen molar-refractivity contribution in [1.82, 2.24) is 19.9 Å². The Morgan fingerprint density at radius 2 is 1.71 bits per heavy atom. The summed E-state index contributed by atoms with van der Waals surface area (Å²) in [6.07, 6.45) is 2.63. The van der Waals surface area contributed by atoms with Crippen LogP contribution in [0.15, 0.2) is 66.9 Å². The maximum Gasteiger partial charge on any atom is 0.247 e. The molecule has 4 rings (SSSR count). The van der Waals surface area contributed by atoms with Crippen molar-refractivity contribution < 1.29 is 4.79 Å². The van der Waals surface area contributed by atoms with Gasteiger partial charge in [-0.05, 0) is 12.0 Å². The molecule has 0 spiro atoms. The van der Waals surface area contributed by atoms with Crippen LogP contribution >= 0.6 is 0 Å². The molecular weight excluding hydrogens is 300 g/mol. The highest BCUT2D eigenvalue weighted by Crippen LogP contribution is 2.25. The summed E-state index contributed by atoms with van der Waals surface area (Å²) in [6.45, 7) is 1.40. The Morgan fingerprint density at radius 3 is 2.46 bits per heavy atom. The molecule has 24 heavy (non-hydrogen) atoms. The van der Waals surface area contributed by atoms with Gasteiger partial charge in [0.25, 0.3) is 0 Å². The average molecular weight is 318 g/mol. The van der Waals surface area contributed by atoms with Crippen LogP contribution in [0.3, 0.4) is 0 Å². The first-order chi connectivity index (χ1) is 11.8. The Balaban J connectivity index is 1.50. The molecule has 0 N–H and O–H groups in total. The molecule has 5 heteroatoms. The van der Waals surface area contributed by atoms with Crippen LogP contribution in [0.25, 0.3) is 11.3 Å². The number of hydrogen-bond donors (Lipinski definition) is 0. The topological polar surface area (TPSA) is 51.0 Å². The van der Waals surface area contributed by atoms with Crippen LogP contribution in [0.2, 0.25) is 0 Å². The van der Waals surface area contributed by atoms with Crippen molar-refractivity contribution in [1.29, 1.82) is 0 Å². The second-order valence-corrected chi connectivity index (χ2v) is 6.00. The quantitative estimate of drug-likeness (QED) is 0.743. The molecule has 0 bridgehead atoms. The molecule has 120 valence electrons. The fraction of sp³-hybridized carbons (Fsp3) is 0.211. The molecule has 2 aromatic carbocycles. The summed E-state index contributed by atoms with van der Waals surface area (Å²) < 4.78 is 1.70. The van der Waals surface area contributed by atoms with Crippen LogP contribution in [-0.4, -0.2) is 32.3 Å². The van der Waals surface area contributed by atoms with Gasteiger partial charge in [0.05, 0.1) is 6.20 Å². The van der Waals surface area contributed by atoms with E-state index in [2.05, 4.69) is 10.3 Å². The van der Waals surface area contributed by atoms with E-state index in [0.29, 0.717) is 6.54 Å². The Bertz CT molecular complexity index is 829. The van der Waals surface area contributed by atoms with Crippen LogP contribution in [0.1, 0.15) is 18.0 Å². The van der Waals surface area contributed by atoms with E-state index in [1.165, 1.54) is 0 Å². The fourth-order valence-corrected chi connectivity index (χ4v) is 3.10. The highest BCUT2D eigenvalue weighted by Gasteiger charge is 2.33. The van der Waals surface area contributed by atoms with Crippen molar-refractivity contribution in [2.45, 2.75) is 19.0 Å². The zero-order chi connectivity index (χ0) is 16.4. The molecule has 0 saturated carbocycles. The Morgan fingerprint density at radius 1 is 1.00 bits per heavy atom. The molecule has 1 aromatic heterocycles. The minimum atomic E-state index is -0.251. The standard InChI is InChI=1S/C19H18N4O/c24-19-18(11-12-22(19)13-15-7-3-1-4-8-15)23-14-17(20-21-23)16-9-5-2-6-10-16/h1-10,14,18H,11-13H2. The number of hydrogen-bond acceptors (Lipinski definition) is 3. The SMILES string of the molecule is O=C1C(n2cc(-c3ccccc3)nn2)CCN1Cc1ccccc1. The molecule has 1 fully saturated rings. The van der Waals surface area contributed by atoms with E-state index in [1.54, 1.807) is 4.68 Å². The molecule has 5 nitrogen and oxygen atoms in total. The highest BCUT2D eigenvalue weighted by molar-refractivity contribution is 5.82. The Labute approximate surface area is 140 Å². The number of amides is 1. The minimum Gasteiger partial charge on any atom is -0.336 e. The third kappa shape index (κ3) is 2.80. The zero-order valence-corrected chi connectivity index (χ0v) is 13.2. The van der Waals surface area contributed by atoms with Crippen LogP contribution in [0.4, 0.5) is 0 Å². The van der Waals surface area contributed by atoms with Crippen molar-refractivity contribution in [3.63, 3.8) is 0 Å². The van der Waals surface area contributed by atoms with E-state index >= 15 is 0 Å². The van der Waals surface area contributed by atoms with Crippen LogP contribution < -0.4 is 0 Å². The zero-order valence-electron chi connectivity index (χ0n) is 13.2. The van der Waals surface area contributed by atoms with Crippen LogP contribution in [0.5, 0.6) is 0 Å². The van der Waals surface area contributed by atoms with E-state index in [1.807, 2.05) is 71.8 Å². The third-order valence-corrected chi connectivity index (χ3v) is 4.38. The fourth-order valence-electron chi connectivity index (χ4n) is 3.10. The molecular formula is C19H18N4O. The van der Waals surface area contributed by atoms with Gasteiger partial charge in [0.1, 0.15) is 11.7 Å². The maximum atomic E-state index is 12.7. The van der Waals surface area contributed by atoms with E-state index in [0.717, 1.165) is 29.8 Å². The summed E-state index contributed by atoms with van der Waals surface area (Å²) in [5.74, 6) is 0.114. The second-order valence-electron chi connectivity index (χ2n) is 6.00. The molecule has 2 heterocycles. The summed E-state index contributed by atoms with van der Waals surface area (Å²) in [7, 11) is 0. The average Bonchev–Trinajstić information content (AvgIpc) is 3.24. The lowest BCUT2D eigenvalue weighted by Crippen LogP contribution is -2.28. The van der Waals surface area contributed by atoms with E-state index in [9.17, 15) is 4.79 Å². The normalized spacial score (nSPS) is 17.4. The number of aromatic nitrogens is 3. The summed E-state index contributed by atoms with van der Waals surface area (Å²) >= 11 is 0. The maximum absolute atomic E-state index is 12.7. The lowest BCUT2D eigenvalue weighted by Gasteiger charge is -2.16. The molecule has 1 aliphatic rings. The highest BCUT2D eigenvalue weighted by atomic mass is 16.2. The first-order valence-electron chi connectivity index (χ1n) is 8.11. The number of carbonyl (C=O) groups is 1. The van der Waals surface area contributed by atoms with Gasteiger partial charge in [-0.1, -0.05) is 65.9 Å². The first kappa shape index (κ1) is 14.6. The summed E-state index contributed by atoms with van der Waals surface area (Å²) in [6, 6.07) is 19.7. The number of rotatable bonds is 4. The van der Waals surface area contributed by atoms with Crippen molar-refractivity contribution >= 4 is 5.91 Å².